The highest BCUT2D eigenvalue weighted by Gasteiger charge is 2.19. The maximum Gasteiger partial charge on any atom is 0.306 e. The summed E-state index contributed by atoms with van der Waals surface area (Å²) in [5, 5.41) is 0. The van der Waals surface area contributed by atoms with Gasteiger partial charge in [-0.15, -0.1) is 0 Å². The molecule has 6 nitrogen and oxygen atoms in total. The first-order chi connectivity index (χ1) is 32.0. The van der Waals surface area contributed by atoms with E-state index in [2.05, 4.69) is 142 Å². The second-order valence-corrected chi connectivity index (χ2v) is 15.3. The van der Waals surface area contributed by atoms with Crippen LogP contribution in [0.2, 0.25) is 0 Å². The molecular weight excluding hydrogens is 805 g/mol. The summed E-state index contributed by atoms with van der Waals surface area (Å²) < 4.78 is 16.6. The third-order valence-electron chi connectivity index (χ3n) is 9.32. The van der Waals surface area contributed by atoms with Crippen LogP contribution in [0.15, 0.2) is 170 Å². The van der Waals surface area contributed by atoms with E-state index in [0.29, 0.717) is 19.3 Å². The van der Waals surface area contributed by atoms with Gasteiger partial charge in [0.15, 0.2) is 6.10 Å². The highest BCUT2D eigenvalue weighted by atomic mass is 16.6. The Bertz CT molecular complexity index is 1590. The van der Waals surface area contributed by atoms with Gasteiger partial charge in [0.05, 0.1) is 0 Å². The van der Waals surface area contributed by atoms with Crippen LogP contribution in [0.4, 0.5) is 0 Å². The van der Waals surface area contributed by atoms with Crippen molar-refractivity contribution in [2.75, 3.05) is 13.2 Å². The van der Waals surface area contributed by atoms with E-state index in [1.165, 1.54) is 0 Å². The molecule has 0 saturated carbocycles. The molecule has 0 N–H and O–H groups in total. The summed E-state index contributed by atoms with van der Waals surface area (Å²) >= 11 is 0. The molecule has 65 heavy (non-hydrogen) atoms. The van der Waals surface area contributed by atoms with Crippen molar-refractivity contribution in [2.24, 2.45) is 0 Å². The van der Waals surface area contributed by atoms with E-state index >= 15 is 0 Å². The second-order valence-electron chi connectivity index (χ2n) is 15.3. The minimum atomic E-state index is -0.866. The van der Waals surface area contributed by atoms with Crippen molar-refractivity contribution in [3.63, 3.8) is 0 Å². The van der Waals surface area contributed by atoms with E-state index in [1.807, 2.05) is 48.6 Å². The first-order valence-electron chi connectivity index (χ1n) is 24.7. The quantitative estimate of drug-likeness (QED) is 0.0200. The Balaban J connectivity index is 4.70. The molecule has 0 aliphatic heterocycles. The Morgan fingerprint density at radius 3 is 1.11 bits per heavy atom. The van der Waals surface area contributed by atoms with Crippen molar-refractivity contribution in [1.82, 2.24) is 0 Å². The van der Waals surface area contributed by atoms with Gasteiger partial charge in [0.1, 0.15) is 13.2 Å². The first-order valence-corrected chi connectivity index (χ1v) is 24.7. The molecule has 0 radical (unpaired) electrons. The average molecular weight is 891 g/mol. The number of unbranched alkanes of at least 4 members (excludes halogenated alkanes) is 5. The Labute approximate surface area is 396 Å². The zero-order valence-corrected chi connectivity index (χ0v) is 40.7. The molecule has 1 unspecified atom stereocenters. The molecule has 1 atom stereocenters. The van der Waals surface area contributed by atoms with Crippen LogP contribution in [-0.4, -0.2) is 37.2 Å². The molecule has 0 rings (SSSR count). The normalized spacial score (nSPS) is 13.6. The monoisotopic (exact) mass is 891 g/mol. The molecule has 0 aromatic heterocycles. The lowest BCUT2D eigenvalue weighted by Crippen LogP contribution is -2.30. The van der Waals surface area contributed by atoms with Gasteiger partial charge in [-0.3, -0.25) is 14.4 Å². The van der Waals surface area contributed by atoms with Crippen molar-refractivity contribution in [3.05, 3.63) is 170 Å². The standard InChI is InChI=1S/C59H86O6/c1-4-7-10-13-16-19-22-25-28-31-34-37-40-43-46-49-52-58(61)64-55-56(54-63-57(60)51-48-45-42-39-36-33-30-27-24-21-18-15-12-9-6-3)65-59(62)53-50-47-44-41-38-35-32-29-26-23-20-17-14-11-8-5-2/h7-12,15-21,24-30,34-35,37-38,43-44,46-47,56H,4-6,13-14,22-23,31-33,36,39-42,45,48-55H2,1-3H3/b10-7-,11-8-,12-9-,18-15-,19-16-,20-17-,24-21-,28-25-,29-26-,30-27-,37-34-,38-35-,46-43-,47-44-. The van der Waals surface area contributed by atoms with E-state index in [0.717, 1.165) is 109 Å². The van der Waals surface area contributed by atoms with Crippen LogP contribution in [0, 0.1) is 0 Å². The van der Waals surface area contributed by atoms with Gasteiger partial charge in [-0.05, 0) is 103 Å². The van der Waals surface area contributed by atoms with Crippen LogP contribution in [-0.2, 0) is 28.6 Å². The lowest BCUT2D eigenvalue weighted by atomic mass is 10.1. The summed E-state index contributed by atoms with van der Waals surface area (Å²) in [5.74, 6) is -1.16. The molecule has 0 amide bonds. The predicted molar refractivity (Wildman–Crippen MR) is 278 cm³/mol. The summed E-state index contributed by atoms with van der Waals surface area (Å²) in [6.07, 6.45) is 76.4. The topological polar surface area (TPSA) is 78.9 Å². The Morgan fingerprint density at radius 1 is 0.323 bits per heavy atom. The number of hydrogen-bond acceptors (Lipinski definition) is 6. The molecule has 0 aliphatic rings. The third kappa shape index (κ3) is 49.6. The van der Waals surface area contributed by atoms with Gasteiger partial charge in [-0.2, -0.15) is 0 Å². The van der Waals surface area contributed by atoms with Crippen LogP contribution in [0.25, 0.3) is 0 Å². The Morgan fingerprint density at radius 2 is 0.662 bits per heavy atom. The van der Waals surface area contributed by atoms with Crippen LogP contribution in [0.3, 0.4) is 0 Å². The summed E-state index contributed by atoms with van der Waals surface area (Å²) in [7, 11) is 0. The summed E-state index contributed by atoms with van der Waals surface area (Å²) in [6.45, 7) is 6.08. The fraction of sp³-hybridized carbons (Fsp3) is 0.475. The van der Waals surface area contributed by atoms with Gasteiger partial charge in [0, 0.05) is 19.3 Å². The van der Waals surface area contributed by atoms with Gasteiger partial charge in [-0.1, -0.05) is 210 Å². The lowest BCUT2D eigenvalue weighted by Gasteiger charge is -2.18. The van der Waals surface area contributed by atoms with E-state index < -0.39 is 18.0 Å². The zero-order valence-electron chi connectivity index (χ0n) is 40.7. The van der Waals surface area contributed by atoms with Crippen molar-refractivity contribution in [1.29, 1.82) is 0 Å². The van der Waals surface area contributed by atoms with Gasteiger partial charge < -0.3 is 14.2 Å². The molecule has 0 spiro atoms. The largest absolute Gasteiger partial charge is 0.462 e. The molecular formula is C59H86O6. The number of esters is 3. The number of hydrogen-bond donors (Lipinski definition) is 0. The fourth-order valence-electron chi connectivity index (χ4n) is 5.72. The highest BCUT2D eigenvalue weighted by molar-refractivity contribution is 5.71. The molecule has 0 aliphatic carbocycles. The van der Waals surface area contributed by atoms with Crippen molar-refractivity contribution >= 4 is 17.9 Å². The number of carbonyl (C=O) groups excluding carboxylic acids is 3. The maximum atomic E-state index is 12.8. The van der Waals surface area contributed by atoms with Gasteiger partial charge in [0.25, 0.3) is 0 Å². The van der Waals surface area contributed by atoms with Crippen molar-refractivity contribution < 1.29 is 28.6 Å². The van der Waals surface area contributed by atoms with Crippen molar-refractivity contribution in [2.45, 2.75) is 168 Å². The predicted octanol–water partition coefficient (Wildman–Crippen LogP) is 16.4. The Hall–Kier alpha value is -5.23. The molecule has 0 saturated heterocycles. The van der Waals surface area contributed by atoms with E-state index in [9.17, 15) is 14.4 Å². The summed E-state index contributed by atoms with van der Waals surface area (Å²) in [5.41, 5.74) is 0. The number of allylic oxidation sites excluding steroid dienone is 28. The number of carbonyl (C=O) groups is 3. The lowest BCUT2D eigenvalue weighted by molar-refractivity contribution is -0.166. The fourth-order valence-corrected chi connectivity index (χ4v) is 5.72. The maximum absolute atomic E-state index is 12.8. The molecule has 0 aromatic rings. The van der Waals surface area contributed by atoms with Crippen LogP contribution in [0.1, 0.15) is 162 Å². The van der Waals surface area contributed by atoms with E-state index in [1.54, 1.807) is 0 Å². The third-order valence-corrected chi connectivity index (χ3v) is 9.32. The van der Waals surface area contributed by atoms with Crippen LogP contribution < -0.4 is 0 Å². The second kappa shape index (κ2) is 51.4. The first kappa shape index (κ1) is 59.8. The molecule has 0 bridgehead atoms. The van der Waals surface area contributed by atoms with Gasteiger partial charge >= 0.3 is 17.9 Å². The number of rotatable bonds is 41. The van der Waals surface area contributed by atoms with Crippen LogP contribution in [0.5, 0.6) is 0 Å². The zero-order chi connectivity index (χ0) is 47.2. The SMILES string of the molecule is CC\C=C/C=C\C=C/C=C\CCCCCCCC(=O)OCC(COC(=O)CC/C=C\C/C=C\C/C=C\C/C=C\C/C=C\CC)OC(=O)CC/C=C\C/C=C\C/C=C\C/C=C\C/C=C\CC. The Kier molecular flexibility index (Phi) is 47.3. The molecule has 0 aromatic carbocycles. The summed E-state index contributed by atoms with van der Waals surface area (Å²) in [4.78, 5) is 37.9. The van der Waals surface area contributed by atoms with Gasteiger partial charge in [0.2, 0.25) is 0 Å². The molecule has 358 valence electrons. The molecule has 0 fully saturated rings. The minimum Gasteiger partial charge on any atom is -0.462 e. The van der Waals surface area contributed by atoms with E-state index in [-0.39, 0.29) is 32.0 Å². The highest BCUT2D eigenvalue weighted by Crippen LogP contribution is 2.10. The average Bonchev–Trinajstić information content (AvgIpc) is 3.30. The molecule has 0 heterocycles. The minimum absolute atomic E-state index is 0.152. The van der Waals surface area contributed by atoms with Gasteiger partial charge in [-0.25, -0.2) is 0 Å². The molecule has 6 heteroatoms. The number of ether oxygens (including phenoxy) is 3. The smallest absolute Gasteiger partial charge is 0.306 e. The van der Waals surface area contributed by atoms with Crippen LogP contribution >= 0.6 is 0 Å². The van der Waals surface area contributed by atoms with Crippen molar-refractivity contribution in [3.8, 4) is 0 Å². The summed E-state index contributed by atoms with van der Waals surface area (Å²) in [6, 6.07) is 0. The van der Waals surface area contributed by atoms with E-state index in [4.69, 9.17) is 14.2 Å².